The van der Waals surface area contributed by atoms with Crippen LogP contribution >= 0.6 is 0 Å². The van der Waals surface area contributed by atoms with Crippen molar-refractivity contribution >= 4 is 29.7 Å². The van der Waals surface area contributed by atoms with Crippen molar-refractivity contribution in [3.8, 4) is 0 Å². The first kappa shape index (κ1) is 14.6. The molecule has 94 valence electrons. The van der Waals surface area contributed by atoms with Gasteiger partial charge in [0, 0.05) is 0 Å². The Hall–Kier alpha value is -2.45. The van der Waals surface area contributed by atoms with Crippen molar-refractivity contribution < 1.29 is 44.0 Å². The van der Waals surface area contributed by atoms with Gasteiger partial charge in [0.05, 0.1) is 6.42 Å². The Morgan fingerprint density at radius 3 is 1.82 bits per heavy atom. The van der Waals surface area contributed by atoms with Crippen molar-refractivity contribution in [2.24, 2.45) is 5.92 Å². The SMILES string of the molecule is O=C(O)COC(=O)C(=O)C(CC(=O)O)C(=O)O. The second-order valence-corrected chi connectivity index (χ2v) is 2.82. The molecule has 0 rings (SSSR count). The minimum Gasteiger partial charge on any atom is -0.481 e. The summed E-state index contributed by atoms with van der Waals surface area (Å²) in [4.78, 5) is 52.8. The van der Waals surface area contributed by atoms with E-state index in [4.69, 9.17) is 15.3 Å². The maximum Gasteiger partial charge on any atom is 0.376 e. The molecule has 3 N–H and O–H groups in total. The molecule has 0 saturated heterocycles. The molecule has 0 bridgehead atoms. The lowest BCUT2D eigenvalue weighted by atomic mass is 10.0. The number of carboxylic acid groups (broad SMARTS) is 3. The fourth-order valence-corrected chi connectivity index (χ4v) is 0.807. The monoisotopic (exact) mass is 248 g/mol. The number of aliphatic carboxylic acids is 3. The van der Waals surface area contributed by atoms with Crippen LogP contribution in [0.25, 0.3) is 0 Å². The maximum atomic E-state index is 11.1. The third-order valence-corrected chi connectivity index (χ3v) is 1.52. The molecule has 1 unspecified atom stereocenters. The molecule has 0 aliphatic heterocycles. The van der Waals surface area contributed by atoms with Crippen LogP contribution in [0.3, 0.4) is 0 Å². The number of Topliss-reactive ketones (excluding diaryl/α,β-unsaturated/α-hetero) is 1. The Kier molecular flexibility index (Phi) is 5.31. The van der Waals surface area contributed by atoms with Crippen LogP contribution in [0.1, 0.15) is 6.42 Å². The Labute approximate surface area is 93.6 Å². The van der Waals surface area contributed by atoms with E-state index in [-0.39, 0.29) is 0 Å². The van der Waals surface area contributed by atoms with Gasteiger partial charge in [-0.3, -0.25) is 14.4 Å². The molecule has 0 heterocycles. The molecule has 0 saturated carbocycles. The summed E-state index contributed by atoms with van der Waals surface area (Å²) in [5.74, 6) is -10.3. The van der Waals surface area contributed by atoms with Gasteiger partial charge in [0.1, 0.15) is 5.92 Å². The molecular weight excluding hydrogens is 240 g/mol. The van der Waals surface area contributed by atoms with Crippen molar-refractivity contribution in [1.82, 2.24) is 0 Å². The highest BCUT2D eigenvalue weighted by Gasteiger charge is 2.34. The van der Waals surface area contributed by atoms with E-state index in [9.17, 15) is 24.0 Å². The van der Waals surface area contributed by atoms with Gasteiger partial charge in [-0.15, -0.1) is 0 Å². The molecule has 0 aliphatic rings. The minimum atomic E-state index is -2.09. The second kappa shape index (κ2) is 6.20. The molecule has 0 fully saturated rings. The van der Waals surface area contributed by atoms with E-state index in [1.165, 1.54) is 0 Å². The zero-order valence-corrected chi connectivity index (χ0v) is 8.28. The Morgan fingerprint density at radius 2 is 1.47 bits per heavy atom. The van der Waals surface area contributed by atoms with Gasteiger partial charge < -0.3 is 20.1 Å². The number of rotatable bonds is 7. The highest BCUT2D eigenvalue weighted by Crippen LogP contribution is 2.06. The largest absolute Gasteiger partial charge is 0.481 e. The topological polar surface area (TPSA) is 155 Å². The van der Waals surface area contributed by atoms with E-state index in [0.717, 1.165) is 0 Å². The lowest BCUT2D eigenvalue weighted by molar-refractivity contribution is -0.165. The summed E-state index contributed by atoms with van der Waals surface area (Å²) in [6, 6.07) is 0. The van der Waals surface area contributed by atoms with Crippen LogP contribution in [-0.2, 0) is 28.7 Å². The Balaban J connectivity index is 4.61. The lowest BCUT2D eigenvalue weighted by Crippen LogP contribution is -2.34. The minimum absolute atomic E-state index is 1.09. The predicted octanol–water partition coefficient (Wildman–Crippen LogP) is -1.64. The number of hydrogen-bond acceptors (Lipinski definition) is 6. The summed E-state index contributed by atoms with van der Waals surface area (Å²) in [6.07, 6.45) is -1.09. The van der Waals surface area contributed by atoms with Crippen molar-refractivity contribution in [2.45, 2.75) is 6.42 Å². The molecule has 0 aromatic heterocycles. The zero-order valence-electron chi connectivity index (χ0n) is 8.28. The standard InChI is InChI=1S/C8H8O9/c9-4(10)1-3(7(14)15)6(13)8(16)17-2-5(11)12/h3H,1-2H2,(H,9,10)(H,11,12)(H,14,15). The number of ketones is 1. The van der Waals surface area contributed by atoms with Crippen LogP contribution in [0, 0.1) is 5.92 Å². The van der Waals surface area contributed by atoms with Gasteiger partial charge in [0.25, 0.3) is 5.78 Å². The van der Waals surface area contributed by atoms with Crippen LogP contribution in [0.4, 0.5) is 0 Å². The maximum absolute atomic E-state index is 11.1. The first-order valence-corrected chi connectivity index (χ1v) is 4.13. The van der Waals surface area contributed by atoms with Crippen LogP contribution in [0.15, 0.2) is 0 Å². The highest BCUT2D eigenvalue weighted by atomic mass is 16.6. The molecule has 1 atom stereocenters. The number of carbonyl (C=O) groups excluding carboxylic acids is 2. The predicted molar refractivity (Wildman–Crippen MR) is 47.0 cm³/mol. The van der Waals surface area contributed by atoms with E-state index in [1.807, 2.05) is 0 Å². The molecule has 9 nitrogen and oxygen atoms in total. The van der Waals surface area contributed by atoms with Gasteiger partial charge >= 0.3 is 23.9 Å². The molecular formula is C8H8O9. The van der Waals surface area contributed by atoms with E-state index < -0.39 is 48.6 Å². The van der Waals surface area contributed by atoms with Gasteiger partial charge in [0.15, 0.2) is 6.61 Å². The number of hydrogen-bond donors (Lipinski definition) is 3. The Morgan fingerprint density at radius 1 is 0.941 bits per heavy atom. The van der Waals surface area contributed by atoms with Gasteiger partial charge in [-0.2, -0.15) is 0 Å². The number of carbonyl (C=O) groups is 5. The van der Waals surface area contributed by atoms with Crippen LogP contribution in [-0.4, -0.2) is 51.6 Å². The van der Waals surface area contributed by atoms with Crippen molar-refractivity contribution in [3.63, 3.8) is 0 Å². The van der Waals surface area contributed by atoms with Gasteiger partial charge in [-0.25, -0.2) is 9.59 Å². The van der Waals surface area contributed by atoms with Crippen LogP contribution in [0.5, 0.6) is 0 Å². The van der Waals surface area contributed by atoms with Crippen LogP contribution < -0.4 is 0 Å². The van der Waals surface area contributed by atoms with Crippen molar-refractivity contribution in [3.05, 3.63) is 0 Å². The summed E-state index contributed by atoms with van der Waals surface area (Å²) in [6.45, 7) is -1.11. The van der Waals surface area contributed by atoms with Crippen LogP contribution in [0.2, 0.25) is 0 Å². The summed E-state index contributed by atoms with van der Waals surface area (Å²) in [5.41, 5.74) is 0. The lowest BCUT2D eigenvalue weighted by Gasteiger charge is -2.07. The van der Waals surface area contributed by atoms with Gasteiger partial charge in [-0.05, 0) is 0 Å². The summed E-state index contributed by atoms with van der Waals surface area (Å²) in [5, 5.41) is 25.0. The molecule has 0 aromatic carbocycles. The highest BCUT2D eigenvalue weighted by molar-refractivity contribution is 6.38. The summed E-state index contributed by atoms with van der Waals surface area (Å²) in [7, 11) is 0. The molecule has 0 amide bonds. The second-order valence-electron chi connectivity index (χ2n) is 2.82. The average Bonchev–Trinajstić information content (AvgIpc) is 2.20. The number of carboxylic acids is 3. The smallest absolute Gasteiger partial charge is 0.376 e. The van der Waals surface area contributed by atoms with E-state index in [1.54, 1.807) is 0 Å². The summed E-state index contributed by atoms with van der Waals surface area (Å²) >= 11 is 0. The molecule has 9 heteroatoms. The zero-order chi connectivity index (χ0) is 13.6. The van der Waals surface area contributed by atoms with E-state index >= 15 is 0 Å². The first-order chi connectivity index (χ1) is 7.75. The van der Waals surface area contributed by atoms with Crippen molar-refractivity contribution in [2.75, 3.05) is 6.61 Å². The molecule has 17 heavy (non-hydrogen) atoms. The fraction of sp³-hybridized carbons (Fsp3) is 0.375. The fourth-order valence-electron chi connectivity index (χ4n) is 0.807. The molecule has 0 spiro atoms. The number of esters is 1. The normalized spacial score (nSPS) is 11.3. The van der Waals surface area contributed by atoms with Gasteiger partial charge in [-0.1, -0.05) is 0 Å². The number of ether oxygens (including phenoxy) is 1. The third-order valence-electron chi connectivity index (χ3n) is 1.52. The Bertz CT molecular complexity index is 369. The molecule has 0 aromatic rings. The van der Waals surface area contributed by atoms with Gasteiger partial charge in [0.2, 0.25) is 0 Å². The van der Waals surface area contributed by atoms with E-state index in [0.29, 0.717) is 0 Å². The van der Waals surface area contributed by atoms with E-state index in [2.05, 4.69) is 4.74 Å². The quantitative estimate of drug-likeness (QED) is 0.273. The molecule has 0 aliphatic carbocycles. The first-order valence-electron chi connectivity index (χ1n) is 4.13. The molecule has 0 radical (unpaired) electrons. The summed E-state index contributed by atoms with van der Waals surface area (Å²) < 4.78 is 3.93. The average molecular weight is 248 g/mol. The van der Waals surface area contributed by atoms with Crippen molar-refractivity contribution in [1.29, 1.82) is 0 Å². The third kappa shape index (κ3) is 5.25.